The van der Waals surface area contributed by atoms with Crippen LogP contribution < -0.4 is 4.90 Å². The number of rotatable bonds is 3. The molecule has 2 aromatic carbocycles. The molecule has 124 valence electrons. The van der Waals surface area contributed by atoms with Gasteiger partial charge in [0, 0.05) is 29.9 Å². The maximum Gasteiger partial charge on any atom is 0.176 e. The maximum atomic E-state index is 11.0. The lowest BCUT2D eigenvalue weighted by molar-refractivity contribution is -0.00522. The number of hydrogen-bond donors (Lipinski definition) is 1. The molecule has 0 amide bonds. The monoisotopic (exact) mass is 321 g/mol. The lowest BCUT2D eigenvalue weighted by Crippen LogP contribution is -2.45. The molecule has 1 aliphatic heterocycles. The molecule has 3 atom stereocenters. The van der Waals surface area contributed by atoms with Gasteiger partial charge in [-0.2, -0.15) is 0 Å². The highest BCUT2D eigenvalue weighted by molar-refractivity contribution is 5.52. The van der Waals surface area contributed by atoms with E-state index in [0.717, 1.165) is 18.8 Å². The van der Waals surface area contributed by atoms with Crippen LogP contribution in [-0.4, -0.2) is 30.4 Å². The van der Waals surface area contributed by atoms with E-state index in [0.29, 0.717) is 11.1 Å². The molecule has 24 heavy (non-hydrogen) atoms. The summed E-state index contributed by atoms with van der Waals surface area (Å²) in [6.45, 7) is 5.90. The fourth-order valence-electron chi connectivity index (χ4n) is 3.31. The van der Waals surface area contributed by atoms with Gasteiger partial charge in [0.25, 0.3) is 0 Å². The van der Waals surface area contributed by atoms with Gasteiger partial charge in [0.15, 0.2) is 5.60 Å². The first-order valence-corrected chi connectivity index (χ1v) is 8.29. The van der Waals surface area contributed by atoms with Crippen molar-refractivity contribution in [1.29, 1.82) is 0 Å². The van der Waals surface area contributed by atoms with E-state index in [-0.39, 0.29) is 12.2 Å². The Labute approximate surface area is 143 Å². The van der Waals surface area contributed by atoms with Gasteiger partial charge in [-0.1, -0.05) is 48.4 Å². The van der Waals surface area contributed by atoms with Crippen LogP contribution in [0.2, 0.25) is 0 Å². The Kier molecular flexibility index (Phi) is 4.62. The van der Waals surface area contributed by atoms with Gasteiger partial charge < -0.3 is 14.7 Å². The lowest BCUT2D eigenvalue weighted by atomic mass is 9.87. The predicted molar refractivity (Wildman–Crippen MR) is 96.9 cm³/mol. The second-order valence-corrected chi connectivity index (χ2v) is 6.43. The van der Waals surface area contributed by atoms with Gasteiger partial charge in [-0.3, -0.25) is 0 Å². The molecule has 3 nitrogen and oxygen atoms in total. The molecule has 2 aromatic rings. The topological polar surface area (TPSA) is 32.7 Å². The van der Waals surface area contributed by atoms with Crippen molar-refractivity contribution in [3.63, 3.8) is 0 Å². The van der Waals surface area contributed by atoms with Crippen molar-refractivity contribution in [2.75, 3.05) is 18.0 Å². The molecule has 0 spiro atoms. The van der Waals surface area contributed by atoms with E-state index >= 15 is 0 Å². The first kappa shape index (κ1) is 16.6. The summed E-state index contributed by atoms with van der Waals surface area (Å²) in [6, 6.07) is 17.2. The van der Waals surface area contributed by atoms with Crippen LogP contribution in [0.1, 0.15) is 25.0 Å². The minimum absolute atomic E-state index is 0.209. The highest BCUT2D eigenvalue weighted by atomic mass is 16.5. The minimum Gasteiger partial charge on any atom is -0.372 e. The molecule has 0 aliphatic carbocycles. The molecule has 0 bridgehead atoms. The smallest absolute Gasteiger partial charge is 0.176 e. The first-order valence-electron chi connectivity index (χ1n) is 8.29. The van der Waals surface area contributed by atoms with Crippen LogP contribution in [0.4, 0.5) is 5.69 Å². The Morgan fingerprint density at radius 2 is 1.54 bits per heavy atom. The third-order valence-electron chi connectivity index (χ3n) is 4.47. The minimum atomic E-state index is -1.41. The number of morpholine rings is 1. The summed E-state index contributed by atoms with van der Waals surface area (Å²) in [5.41, 5.74) is 1.11. The summed E-state index contributed by atoms with van der Waals surface area (Å²) in [5, 5.41) is 11.0. The van der Waals surface area contributed by atoms with E-state index in [2.05, 4.69) is 24.7 Å². The molecular formula is C21H23NO2. The lowest BCUT2D eigenvalue weighted by Gasteiger charge is -2.37. The molecule has 1 aliphatic rings. The van der Waals surface area contributed by atoms with Gasteiger partial charge in [-0.25, -0.2) is 0 Å². The second kappa shape index (κ2) is 6.68. The molecular weight excluding hydrogens is 298 g/mol. The van der Waals surface area contributed by atoms with Crippen molar-refractivity contribution in [2.45, 2.75) is 31.7 Å². The molecule has 1 fully saturated rings. The number of nitrogens with zero attached hydrogens (tertiary/aromatic N) is 1. The summed E-state index contributed by atoms with van der Waals surface area (Å²) in [7, 11) is 0. The predicted octanol–water partition coefficient (Wildman–Crippen LogP) is 3.17. The SMILES string of the molecule is C#CC(O)(c1ccccc1)c1ccc(N2CC(C)OC(C)C2)cc1. The molecule has 3 heteroatoms. The highest BCUT2D eigenvalue weighted by Crippen LogP contribution is 2.30. The number of aliphatic hydroxyl groups is 1. The zero-order valence-corrected chi connectivity index (χ0v) is 14.1. The van der Waals surface area contributed by atoms with Gasteiger partial charge in [-0.15, -0.1) is 6.42 Å². The van der Waals surface area contributed by atoms with E-state index in [9.17, 15) is 5.11 Å². The average Bonchev–Trinajstić information content (AvgIpc) is 2.61. The van der Waals surface area contributed by atoms with E-state index in [1.807, 2.05) is 54.6 Å². The highest BCUT2D eigenvalue weighted by Gasteiger charge is 2.29. The molecule has 1 heterocycles. The fraction of sp³-hybridized carbons (Fsp3) is 0.333. The van der Waals surface area contributed by atoms with E-state index in [4.69, 9.17) is 11.2 Å². The molecule has 3 unspecified atom stereocenters. The second-order valence-electron chi connectivity index (χ2n) is 6.43. The number of ether oxygens (including phenoxy) is 1. The summed E-state index contributed by atoms with van der Waals surface area (Å²) in [6.07, 6.45) is 6.08. The van der Waals surface area contributed by atoms with Crippen molar-refractivity contribution in [2.24, 2.45) is 0 Å². The Morgan fingerprint density at radius 1 is 1.00 bits per heavy atom. The standard InChI is InChI=1S/C21H23NO2/c1-4-21(23,18-8-6-5-7-9-18)19-10-12-20(13-11-19)22-14-16(2)24-17(3)15-22/h1,5-13,16-17,23H,14-15H2,2-3H3. The van der Waals surface area contributed by atoms with Crippen LogP contribution in [0, 0.1) is 12.3 Å². The molecule has 0 radical (unpaired) electrons. The summed E-state index contributed by atoms with van der Waals surface area (Å²) >= 11 is 0. The van der Waals surface area contributed by atoms with Gasteiger partial charge >= 0.3 is 0 Å². The zero-order valence-electron chi connectivity index (χ0n) is 14.1. The van der Waals surface area contributed by atoms with E-state index in [1.54, 1.807) is 0 Å². The van der Waals surface area contributed by atoms with Gasteiger partial charge in [0.1, 0.15) is 0 Å². The van der Waals surface area contributed by atoms with Gasteiger partial charge in [0.05, 0.1) is 12.2 Å². The average molecular weight is 321 g/mol. The van der Waals surface area contributed by atoms with Crippen LogP contribution in [0.5, 0.6) is 0 Å². The largest absolute Gasteiger partial charge is 0.372 e. The van der Waals surface area contributed by atoms with Crippen LogP contribution in [0.25, 0.3) is 0 Å². The Bertz CT molecular complexity index is 710. The Hall–Kier alpha value is -2.28. The van der Waals surface area contributed by atoms with Crippen molar-refractivity contribution in [3.05, 3.63) is 65.7 Å². The third kappa shape index (κ3) is 3.17. The summed E-state index contributed by atoms with van der Waals surface area (Å²) in [5.74, 6) is 2.55. The molecule has 3 rings (SSSR count). The van der Waals surface area contributed by atoms with Crippen molar-refractivity contribution in [3.8, 4) is 12.3 Å². The molecule has 1 saturated heterocycles. The van der Waals surface area contributed by atoms with Crippen LogP contribution >= 0.6 is 0 Å². The van der Waals surface area contributed by atoms with E-state index < -0.39 is 5.60 Å². The van der Waals surface area contributed by atoms with Gasteiger partial charge in [0.2, 0.25) is 0 Å². The van der Waals surface area contributed by atoms with Crippen molar-refractivity contribution < 1.29 is 9.84 Å². The summed E-state index contributed by atoms with van der Waals surface area (Å²) in [4.78, 5) is 2.31. The van der Waals surface area contributed by atoms with Crippen molar-refractivity contribution >= 4 is 5.69 Å². The van der Waals surface area contributed by atoms with Crippen LogP contribution in [-0.2, 0) is 10.3 Å². The van der Waals surface area contributed by atoms with Crippen molar-refractivity contribution in [1.82, 2.24) is 0 Å². The number of anilines is 1. The third-order valence-corrected chi connectivity index (χ3v) is 4.47. The summed E-state index contributed by atoms with van der Waals surface area (Å²) < 4.78 is 5.78. The fourth-order valence-corrected chi connectivity index (χ4v) is 3.31. The maximum absolute atomic E-state index is 11.0. The Morgan fingerprint density at radius 3 is 2.08 bits per heavy atom. The molecule has 0 saturated carbocycles. The molecule has 1 N–H and O–H groups in total. The van der Waals surface area contributed by atoms with Crippen LogP contribution in [0.15, 0.2) is 54.6 Å². The Balaban J connectivity index is 1.87. The number of hydrogen-bond acceptors (Lipinski definition) is 3. The van der Waals surface area contributed by atoms with Crippen LogP contribution in [0.3, 0.4) is 0 Å². The van der Waals surface area contributed by atoms with E-state index in [1.165, 1.54) is 0 Å². The molecule has 0 aromatic heterocycles. The number of benzene rings is 2. The normalized spacial score (nSPS) is 23.3. The zero-order chi connectivity index (χ0) is 17.2. The number of terminal acetylenes is 1. The first-order chi connectivity index (χ1) is 11.5. The quantitative estimate of drug-likeness (QED) is 0.882. The van der Waals surface area contributed by atoms with Gasteiger partial charge in [-0.05, 0) is 26.0 Å².